The number of H-pyrrole nitrogens is 1. The molecular formula is C25H27N5O3. The maximum absolute atomic E-state index is 13.7. The van der Waals surface area contributed by atoms with Crippen LogP contribution in [0.4, 0.5) is 0 Å². The van der Waals surface area contributed by atoms with Gasteiger partial charge in [-0.15, -0.1) is 0 Å². The zero-order valence-electron chi connectivity index (χ0n) is 18.7. The second kappa shape index (κ2) is 8.69. The van der Waals surface area contributed by atoms with Crippen molar-refractivity contribution in [2.75, 3.05) is 13.1 Å². The van der Waals surface area contributed by atoms with Crippen molar-refractivity contribution < 1.29 is 9.59 Å². The minimum atomic E-state index is -0.246. The normalized spacial score (nSPS) is 15.2. The van der Waals surface area contributed by atoms with E-state index in [0.717, 1.165) is 27.9 Å². The van der Waals surface area contributed by atoms with E-state index in [1.807, 2.05) is 36.5 Å². The molecule has 0 spiro atoms. The Hall–Kier alpha value is -3.68. The summed E-state index contributed by atoms with van der Waals surface area (Å²) in [6, 6.07) is 9.98. The van der Waals surface area contributed by atoms with Gasteiger partial charge in [0.2, 0.25) is 5.91 Å². The van der Waals surface area contributed by atoms with Gasteiger partial charge in [-0.2, -0.15) is 5.10 Å². The highest BCUT2D eigenvalue weighted by molar-refractivity contribution is 5.96. The van der Waals surface area contributed by atoms with Crippen LogP contribution >= 0.6 is 0 Å². The fraction of sp³-hybridized carbons (Fsp3) is 0.360. The number of fused-ring (bicyclic) bond motifs is 2. The standard InChI is InChI=1S/C25H27N5O3/c1-17(31)28-11-8-21-20(15-28)16-29(10-7-18-5-3-2-4-6-18)24(32)23(21)25(33)30-12-9-22-19(14-30)13-26-27-22/h2-6,13,16H,7-12,14-15H2,1H3,(H,26,27). The molecule has 2 aromatic heterocycles. The molecule has 5 rings (SSSR count). The van der Waals surface area contributed by atoms with E-state index in [1.54, 1.807) is 27.5 Å². The molecule has 0 bridgehead atoms. The van der Waals surface area contributed by atoms with Crippen molar-refractivity contribution in [3.8, 4) is 0 Å². The molecule has 0 aliphatic carbocycles. The van der Waals surface area contributed by atoms with Gasteiger partial charge in [-0.3, -0.25) is 19.5 Å². The number of benzene rings is 1. The van der Waals surface area contributed by atoms with E-state index < -0.39 is 0 Å². The summed E-state index contributed by atoms with van der Waals surface area (Å²) in [5, 5.41) is 7.07. The second-order valence-corrected chi connectivity index (χ2v) is 8.78. The molecule has 0 atom stereocenters. The predicted molar refractivity (Wildman–Crippen MR) is 123 cm³/mol. The Labute approximate surface area is 191 Å². The third-order valence-electron chi connectivity index (χ3n) is 6.70. The lowest BCUT2D eigenvalue weighted by molar-refractivity contribution is -0.129. The lowest BCUT2D eigenvalue weighted by atomic mass is 9.95. The molecule has 8 heteroatoms. The summed E-state index contributed by atoms with van der Waals surface area (Å²) < 4.78 is 1.65. The highest BCUT2D eigenvalue weighted by atomic mass is 16.2. The Morgan fingerprint density at radius 3 is 2.58 bits per heavy atom. The summed E-state index contributed by atoms with van der Waals surface area (Å²) in [6.07, 6.45) is 5.48. The van der Waals surface area contributed by atoms with Crippen LogP contribution in [-0.2, 0) is 43.7 Å². The number of carbonyl (C=O) groups is 2. The first-order chi connectivity index (χ1) is 16.0. The SMILES string of the molecule is CC(=O)N1CCc2c(cn(CCc3ccccc3)c(=O)c2C(=O)N2CCc3[nH]ncc3C2)C1. The van der Waals surface area contributed by atoms with Gasteiger partial charge in [-0.25, -0.2) is 0 Å². The Balaban J connectivity index is 1.51. The van der Waals surface area contributed by atoms with E-state index in [1.165, 1.54) is 0 Å². The number of aromatic amines is 1. The minimum absolute atomic E-state index is 0.000852. The molecule has 3 aromatic rings. The van der Waals surface area contributed by atoms with Crippen molar-refractivity contribution in [3.05, 3.63) is 86.6 Å². The van der Waals surface area contributed by atoms with Crippen molar-refractivity contribution in [1.82, 2.24) is 24.6 Å². The van der Waals surface area contributed by atoms with Gasteiger partial charge in [0.15, 0.2) is 0 Å². The zero-order valence-corrected chi connectivity index (χ0v) is 18.7. The predicted octanol–water partition coefficient (Wildman–Crippen LogP) is 1.92. The van der Waals surface area contributed by atoms with Gasteiger partial charge in [-0.05, 0) is 29.5 Å². The Morgan fingerprint density at radius 1 is 1.03 bits per heavy atom. The van der Waals surface area contributed by atoms with Crippen LogP contribution in [0.1, 0.15) is 45.2 Å². The van der Waals surface area contributed by atoms with Crippen LogP contribution in [-0.4, -0.2) is 49.5 Å². The molecule has 0 fully saturated rings. The summed E-state index contributed by atoms with van der Waals surface area (Å²) in [6.45, 7) is 3.95. The van der Waals surface area contributed by atoms with E-state index in [0.29, 0.717) is 52.0 Å². The summed E-state index contributed by atoms with van der Waals surface area (Å²) in [4.78, 5) is 42.8. The highest BCUT2D eigenvalue weighted by Crippen LogP contribution is 2.24. The van der Waals surface area contributed by atoms with Gasteiger partial charge in [0.1, 0.15) is 5.56 Å². The maximum atomic E-state index is 13.7. The third-order valence-corrected chi connectivity index (χ3v) is 6.70. The number of hydrogen-bond acceptors (Lipinski definition) is 4. The monoisotopic (exact) mass is 445 g/mol. The first-order valence-corrected chi connectivity index (χ1v) is 11.4. The van der Waals surface area contributed by atoms with Gasteiger partial charge in [0.05, 0.1) is 6.20 Å². The van der Waals surface area contributed by atoms with Crippen molar-refractivity contribution in [2.24, 2.45) is 0 Å². The summed E-state index contributed by atoms with van der Waals surface area (Å²) in [7, 11) is 0. The van der Waals surface area contributed by atoms with E-state index in [4.69, 9.17) is 0 Å². The number of aromatic nitrogens is 3. The molecular weight excluding hydrogens is 418 g/mol. The topological polar surface area (TPSA) is 91.3 Å². The van der Waals surface area contributed by atoms with E-state index in [-0.39, 0.29) is 22.9 Å². The third kappa shape index (κ3) is 4.08. The average Bonchev–Trinajstić information content (AvgIpc) is 3.30. The highest BCUT2D eigenvalue weighted by Gasteiger charge is 2.31. The Bertz CT molecular complexity index is 1260. The van der Waals surface area contributed by atoms with Crippen LogP contribution < -0.4 is 5.56 Å². The lowest BCUT2D eigenvalue weighted by Gasteiger charge is -2.32. The molecule has 4 heterocycles. The van der Waals surface area contributed by atoms with E-state index in [2.05, 4.69) is 10.2 Å². The number of pyridine rings is 1. The van der Waals surface area contributed by atoms with Crippen LogP contribution in [0, 0.1) is 0 Å². The van der Waals surface area contributed by atoms with Gasteiger partial charge in [-0.1, -0.05) is 30.3 Å². The number of carbonyl (C=O) groups excluding carboxylic acids is 2. The number of hydrogen-bond donors (Lipinski definition) is 1. The molecule has 2 aliphatic rings. The van der Waals surface area contributed by atoms with Crippen molar-refractivity contribution in [2.45, 2.75) is 45.8 Å². The largest absolute Gasteiger partial charge is 0.338 e. The zero-order chi connectivity index (χ0) is 22.9. The van der Waals surface area contributed by atoms with Gasteiger partial charge < -0.3 is 14.4 Å². The van der Waals surface area contributed by atoms with Gasteiger partial charge >= 0.3 is 0 Å². The molecule has 2 amide bonds. The van der Waals surface area contributed by atoms with Crippen LogP contribution in [0.3, 0.4) is 0 Å². The number of aryl methyl sites for hydroxylation is 2. The summed E-state index contributed by atoms with van der Waals surface area (Å²) >= 11 is 0. The second-order valence-electron chi connectivity index (χ2n) is 8.78. The van der Waals surface area contributed by atoms with Crippen LogP contribution in [0.25, 0.3) is 0 Å². The lowest BCUT2D eigenvalue weighted by Crippen LogP contribution is -2.43. The molecule has 33 heavy (non-hydrogen) atoms. The molecule has 0 radical (unpaired) electrons. The van der Waals surface area contributed by atoms with Crippen molar-refractivity contribution >= 4 is 11.8 Å². The number of rotatable bonds is 4. The van der Waals surface area contributed by atoms with E-state index in [9.17, 15) is 14.4 Å². The molecule has 2 aliphatic heterocycles. The van der Waals surface area contributed by atoms with Crippen LogP contribution in [0.15, 0.2) is 47.5 Å². The molecule has 8 nitrogen and oxygen atoms in total. The Morgan fingerprint density at radius 2 is 1.79 bits per heavy atom. The first-order valence-electron chi connectivity index (χ1n) is 11.4. The molecule has 1 N–H and O–H groups in total. The molecule has 1 aromatic carbocycles. The summed E-state index contributed by atoms with van der Waals surface area (Å²) in [5.74, 6) is -0.229. The fourth-order valence-corrected chi connectivity index (χ4v) is 4.81. The molecule has 0 saturated carbocycles. The van der Waals surface area contributed by atoms with Crippen molar-refractivity contribution in [3.63, 3.8) is 0 Å². The first kappa shape index (κ1) is 21.2. The molecule has 170 valence electrons. The quantitative estimate of drug-likeness (QED) is 0.664. The molecule has 0 saturated heterocycles. The fourth-order valence-electron chi connectivity index (χ4n) is 4.81. The van der Waals surface area contributed by atoms with Crippen molar-refractivity contribution in [1.29, 1.82) is 0 Å². The number of amides is 2. The molecule has 0 unspecified atom stereocenters. The Kier molecular flexibility index (Phi) is 5.58. The van der Waals surface area contributed by atoms with Crippen LogP contribution in [0.5, 0.6) is 0 Å². The van der Waals surface area contributed by atoms with E-state index >= 15 is 0 Å². The maximum Gasteiger partial charge on any atom is 0.263 e. The minimum Gasteiger partial charge on any atom is -0.338 e. The smallest absolute Gasteiger partial charge is 0.263 e. The number of nitrogens with zero attached hydrogens (tertiary/aromatic N) is 4. The number of nitrogens with one attached hydrogen (secondary N) is 1. The summed E-state index contributed by atoms with van der Waals surface area (Å²) in [5.41, 5.74) is 4.85. The van der Waals surface area contributed by atoms with Crippen LogP contribution in [0.2, 0.25) is 0 Å². The van der Waals surface area contributed by atoms with Gasteiger partial charge in [0.25, 0.3) is 11.5 Å². The van der Waals surface area contributed by atoms with Gasteiger partial charge in [0, 0.05) is 63.5 Å². The average molecular weight is 446 g/mol.